The van der Waals surface area contributed by atoms with E-state index in [0.29, 0.717) is 15.5 Å². The summed E-state index contributed by atoms with van der Waals surface area (Å²) in [7, 11) is 1.85. The molecule has 1 aromatic carbocycles. The van der Waals surface area contributed by atoms with Crippen molar-refractivity contribution in [1.82, 2.24) is 10.2 Å². The van der Waals surface area contributed by atoms with Crippen molar-refractivity contribution < 1.29 is 4.74 Å². The molecule has 1 N–H and O–H groups in total. The molecule has 1 spiro atoms. The van der Waals surface area contributed by atoms with Gasteiger partial charge in [-0.25, -0.2) is 0 Å². The zero-order chi connectivity index (χ0) is 18.1. The second kappa shape index (κ2) is 7.34. The number of ether oxygens (including phenoxy) is 1. The van der Waals surface area contributed by atoms with Crippen molar-refractivity contribution in [3.63, 3.8) is 0 Å². The first-order chi connectivity index (χ1) is 11.9. The molecule has 1 atom stereocenters. The van der Waals surface area contributed by atoms with Crippen LogP contribution in [0.5, 0.6) is 0 Å². The molecule has 0 saturated carbocycles. The van der Waals surface area contributed by atoms with Gasteiger partial charge in [-0.2, -0.15) is 0 Å². The molecule has 4 nitrogen and oxygen atoms in total. The van der Waals surface area contributed by atoms with E-state index in [1.54, 1.807) is 0 Å². The van der Waals surface area contributed by atoms with E-state index in [2.05, 4.69) is 29.1 Å². The highest BCUT2D eigenvalue weighted by molar-refractivity contribution is 6.42. The Kier molecular flexibility index (Phi) is 5.52. The summed E-state index contributed by atoms with van der Waals surface area (Å²) < 4.78 is 5.63. The van der Waals surface area contributed by atoms with Crippen LogP contribution in [-0.2, 0) is 10.2 Å². The van der Waals surface area contributed by atoms with E-state index < -0.39 is 0 Å². The van der Waals surface area contributed by atoms with Crippen LogP contribution in [0.1, 0.15) is 32.3 Å². The number of nitrogens with zero attached hydrogens (tertiary/aromatic N) is 2. The first-order valence-electron chi connectivity index (χ1n) is 8.84. The molecule has 6 heteroatoms. The minimum atomic E-state index is -0.0853. The van der Waals surface area contributed by atoms with Crippen molar-refractivity contribution in [1.29, 1.82) is 0 Å². The van der Waals surface area contributed by atoms with Gasteiger partial charge in [0.05, 0.1) is 16.7 Å². The molecular formula is C19H27Cl2N3O. The van der Waals surface area contributed by atoms with Crippen LogP contribution in [0.15, 0.2) is 23.2 Å². The Balaban J connectivity index is 1.63. The summed E-state index contributed by atoms with van der Waals surface area (Å²) in [6.45, 7) is 9.01. The normalized spacial score (nSPS) is 24.4. The summed E-state index contributed by atoms with van der Waals surface area (Å²) in [6, 6.07) is 5.86. The highest BCUT2D eigenvalue weighted by atomic mass is 35.5. The van der Waals surface area contributed by atoms with Crippen molar-refractivity contribution in [3.05, 3.63) is 33.8 Å². The smallest absolute Gasteiger partial charge is 0.193 e. The largest absolute Gasteiger partial charge is 0.381 e. The quantitative estimate of drug-likeness (QED) is 0.633. The van der Waals surface area contributed by atoms with E-state index in [-0.39, 0.29) is 5.41 Å². The van der Waals surface area contributed by atoms with Crippen LogP contribution in [0.25, 0.3) is 0 Å². The van der Waals surface area contributed by atoms with Crippen LogP contribution < -0.4 is 5.32 Å². The van der Waals surface area contributed by atoms with Crippen LogP contribution in [0.2, 0.25) is 10.0 Å². The summed E-state index contributed by atoms with van der Waals surface area (Å²) >= 11 is 12.2. The third-order valence-corrected chi connectivity index (χ3v) is 6.26. The van der Waals surface area contributed by atoms with Crippen molar-refractivity contribution in [2.75, 3.05) is 39.9 Å². The molecule has 138 valence electrons. The standard InChI is InChI=1S/C19H27Cl2N3O/c1-18(2,14-4-5-15(20)16(21)10-14)11-23-17(22-3)24-8-6-19(12-24)7-9-25-13-19/h4-5,10H,6-9,11-13H2,1-3H3,(H,22,23). The third-order valence-electron chi connectivity index (χ3n) is 5.52. The Bertz CT molecular complexity index is 654. The van der Waals surface area contributed by atoms with Gasteiger partial charge in [0.2, 0.25) is 0 Å². The molecule has 25 heavy (non-hydrogen) atoms. The molecule has 2 saturated heterocycles. The van der Waals surface area contributed by atoms with Crippen LogP contribution in [-0.4, -0.2) is 50.8 Å². The second-order valence-electron chi connectivity index (χ2n) is 7.89. The lowest BCUT2D eigenvalue weighted by Gasteiger charge is -2.30. The predicted molar refractivity (Wildman–Crippen MR) is 105 cm³/mol. The van der Waals surface area contributed by atoms with Gasteiger partial charge in [0.1, 0.15) is 0 Å². The monoisotopic (exact) mass is 383 g/mol. The van der Waals surface area contributed by atoms with E-state index >= 15 is 0 Å². The lowest BCUT2D eigenvalue weighted by Crippen LogP contribution is -2.45. The number of rotatable bonds is 3. The zero-order valence-corrected chi connectivity index (χ0v) is 16.8. The molecule has 0 bridgehead atoms. The molecule has 0 radical (unpaired) electrons. The van der Waals surface area contributed by atoms with Crippen LogP contribution in [0, 0.1) is 5.41 Å². The first kappa shape index (κ1) is 18.8. The number of hydrogen-bond acceptors (Lipinski definition) is 2. The van der Waals surface area contributed by atoms with Gasteiger partial charge in [0.25, 0.3) is 0 Å². The van der Waals surface area contributed by atoms with Gasteiger partial charge in [-0.1, -0.05) is 43.1 Å². The van der Waals surface area contributed by atoms with Gasteiger partial charge in [0.15, 0.2) is 5.96 Å². The van der Waals surface area contributed by atoms with Gasteiger partial charge < -0.3 is 15.0 Å². The van der Waals surface area contributed by atoms with Gasteiger partial charge in [-0.05, 0) is 30.5 Å². The van der Waals surface area contributed by atoms with Crippen LogP contribution in [0.3, 0.4) is 0 Å². The fourth-order valence-corrected chi connectivity index (χ4v) is 4.04. The maximum Gasteiger partial charge on any atom is 0.193 e. The average Bonchev–Trinajstić information content (AvgIpc) is 3.21. The molecule has 2 heterocycles. The van der Waals surface area contributed by atoms with Gasteiger partial charge in [0, 0.05) is 44.1 Å². The number of nitrogens with one attached hydrogen (secondary N) is 1. The Hall–Kier alpha value is -0.970. The summed E-state index contributed by atoms with van der Waals surface area (Å²) in [4.78, 5) is 6.86. The topological polar surface area (TPSA) is 36.9 Å². The van der Waals surface area contributed by atoms with E-state index in [0.717, 1.165) is 50.8 Å². The van der Waals surface area contributed by atoms with E-state index in [1.165, 1.54) is 6.42 Å². The fourth-order valence-electron chi connectivity index (χ4n) is 3.74. The number of aliphatic imine (C=N–C) groups is 1. The minimum absolute atomic E-state index is 0.0853. The molecule has 0 aromatic heterocycles. The summed E-state index contributed by atoms with van der Waals surface area (Å²) in [5.74, 6) is 0.969. The summed E-state index contributed by atoms with van der Waals surface area (Å²) in [5.41, 5.74) is 1.40. The maximum absolute atomic E-state index is 6.19. The van der Waals surface area contributed by atoms with Crippen LogP contribution in [0.4, 0.5) is 0 Å². The van der Waals surface area contributed by atoms with Crippen LogP contribution >= 0.6 is 23.2 Å². The van der Waals surface area contributed by atoms with Crippen molar-refractivity contribution >= 4 is 29.2 Å². The second-order valence-corrected chi connectivity index (χ2v) is 8.70. The Morgan fingerprint density at radius 2 is 2.12 bits per heavy atom. The maximum atomic E-state index is 6.19. The lowest BCUT2D eigenvalue weighted by molar-refractivity contribution is 0.156. The number of likely N-dealkylation sites (tertiary alicyclic amines) is 1. The Labute approximate surface area is 160 Å². The molecule has 2 fully saturated rings. The molecule has 1 unspecified atom stereocenters. The Morgan fingerprint density at radius 1 is 1.32 bits per heavy atom. The number of hydrogen-bond donors (Lipinski definition) is 1. The Morgan fingerprint density at radius 3 is 2.76 bits per heavy atom. The minimum Gasteiger partial charge on any atom is -0.381 e. The highest BCUT2D eigenvalue weighted by Gasteiger charge is 2.42. The third kappa shape index (κ3) is 4.07. The van der Waals surface area contributed by atoms with Crippen molar-refractivity contribution in [2.24, 2.45) is 10.4 Å². The molecule has 2 aliphatic rings. The van der Waals surface area contributed by atoms with E-state index in [4.69, 9.17) is 27.9 Å². The van der Waals surface area contributed by atoms with Crippen molar-refractivity contribution in [2.45, 2.75) is 32.1 Å². The average molecular weight is 384 g/mol. The summed E-state index contributed by atoms with van der Waals surface area (Å²) in [6.07, 6.45) is 2.35. The lowest BCUT2D eigenvalue weighted by atomic mass is 9.84. The SMILES string of the molecule is CN=C(NCC(C)(C)c1ccc(Cl)c(Cl)c1)N1CCC2(CCOC2)C1. The summed E-state index contributed by atoms with van der Waals surface area (Å²) in [5, 5.41) is 4.74. The van der Waals surface area contributed by atoms with E-state index in [9.17, 15) is 0 Å². The highest BCUT2D eigenvalue weighted by Crippen LogP contribution is 2.38. The van der Waals surface area contributed by atoms with Gasteiger partial charge in [-0.3, -0.25) is 4.99 Å². The van der Waals surface area contributed by atoms with Gasteiger partial charge >= 0.3 is 0 Å². The van der Waals surface area contributed by atoms with Gasteiger partial charge in [-0.15, -0.1) is 0 Å². The predicted octanol–water partition coefficient (Wildman–Crippen LogP) is 3.96. The molecule has 0 amide bonds. The number of halogens is 2. The zero-order valence-electron chi connectivity index (χ0n) is 15.2. The fraction of sp³-hybridized carbons (Fsp3) is 0.632. The van der Waals surface area contributed by atoms with Crippen molar-refractivity contribution in [3.8, 4) is 0 Å². The molecule has 3 rings (SSSR count). The molecular weight excluding hydrogens is 357 g/mol. The first-order valence-corrected chi connectivity index (χ1v) is 9.60. The molecule has 0 aliphatic carbocycles. The van der Waals surface area contributed by atoms with E-state index in [1.807, 2.05) is 25.2 Å². The number of guanidine groups is 1. The number of benzene rings is 1. The molecule has 2 aliphatic heterocycles. The molecule has 1 aromatic rings.